The van der Waals surface area contributed by atoms with E-state index in [4.69, 9.17) is 0 Å². The van der Waals surface area contributed by atoms with Gasteiger partial charge in [-0.05, 0) is 53.6 Å². The number of rotatable bonds is 5. The molecule has 5 nitrogen and oxygen atoms in total. The summed E-state index contributed by atoms with van der Waals surface area (Å²) in [5.41, 5.74) is 4.25. The van der Waals surface area contributed by atoms with E-state index in [9.17, 15) is 13.6 Å². The monoisotopic (exact) mass is 448 g/mol. The first-order valence-electron chi connectivity index (χ1n) is 9.94. The van der Waals surface area contributed by atoms with Gasteiger partial charge in [-0.3, -0.25) is 4.79 Å². The largest absolute Gasteiger partial charge is 0.365 e. The van der Waals surface area contributed by atoms with Crippen LogP contribution in [0.15, 0.2) is 60.8 Å². The zero-order valence-electron chi connectivity index (χ0n) is 17.0. The van der Waals surface area contributed by atoms with Gasteiger partial charge in [0.25, 0.3) is 5.91 Å². The maximum Gasteiger partial charge on any atom is 0.253 e. The number of carbonyl (C=O) groups excluding carboxylic acids is 1. The standard InChI is InChI=1S/C24H18F2N4OS/c1-27-24-30-21-7-3-14(10-22(21)32-24)13-2-6-20-17(9-13)18(12-28-20)23(31)29-11-15-8-16(25)4-5-19(15)26/h2-10,12,28H,11H2,1H3,(H,27,30)(H,29,31). The normalized spacial score (nSPS) is 11.2. The molecule has 3 N–H and O–H groups in total. The van der Waals surface area contributed by atoms with Crippen LogP contribution in [0.5, 0.6) is 0 Å². The highest BCUT2D eigenvalue weighted by molar-refractivity contribution is 7.22. The lowest BCUT2D eigenvalue weighted by Gasteiger charge is -2.07. The number of halogens is 2. The van der Waals surface area contributed by atoms with Crippen molar-refractivity contribution in [1.29, 1.82) is 0 Å². The molecule has 2 aromatic heterocycles. The van der Waals surface area contributed by atoms with Crippen LogP contribution in [0.1, 0.15) is 15.9 Å². The van der Waals surface area contributed by atoms with E-state index in [0.717, 1.165) is 55.6 Å². The van der Waals surface area contributed by atoms with Crippen molar-refractivity contribution < 1.29 is 13.6 Å². The van der Waals surface area contributed by atoms with Gasteiger partial charge in [-0.25, -0.2) is 13.8 Å². The molecule has 0 saturated carbocycles. The number of fused-ring (bicyclic) bond motifs is 2. The van der Waals surface area contributed by atoms with E-state index in [1.165, 1.54) is 0 Å². The van der Waals surface area contributed by atoms with Crippen molar-refractivity contribution in [2.45, 2.75) is 6.54 Å². The zero-order chi connectivity index (χ0) is 22.2. The van der Waals surface area contributed by atoms with Crippen LogP contribution in [0, 0.1) is 11.6 Å². The van der Waals surface area contributed by atoms with E-state index in [1.54, 1.807) is 17.5 Å². The molecule has 2 heterocycles. The van der Waals surface area contributed by atoms with Crippen LogP contribution in [-0.4, -0.2) is 22.9 Å². The topological polar surface area (TPSA) is 69.8 Å². The number of aromatic nitrogens is 2. The fraction of sp³-hybridized carbons (Fsp3) is 0.0833. The molecule has 0 atom stereocenters. The molecular weight excluding hydrogens is 430 g/mol. The number of benzene rings is 3. The Hall–Kier alpha value is -3.78. The first-order valence-corrected chi connectivity index (χ1v) is 10.8. The number of hydrogen-bond donors (Lipinski definition) is 3. The highest BCUT2D eigenvalue weighted by Crippen LogP contribution is 2.32. The van der Waals surface area contributed by atoms with Gasteiger partial charge in [-0.1, -0.05) is 23.5 Å². The smallest absolute Gasteiger partial charge is 0.253 e. The predicted octanol–water partition coefficient (Wildman–Crippen LogP) is 5.69. The van der Waals surface area contributed by atoms with Gasteiger partial charge < -0.3 is 15.6 Å². The van der Waals surface area contributed by atoms with Crippen LogP contribution in [0.3, 0.4) is 0 Å². The number of nitrogens with one attached hydrogen (secondary N) is 3. The third-order valence-corrected chi connectivity index (χ3v) is 6.34. The second-order valence-corrected chi connectivity index (χ2v) is 8.36. The molecule has 0 bridgehead atoms. The SMILES string of the molecule is CNc1nc2ccc(-c3ccc4[nH]cc(C(=O)NCc5cc(F)ccc5F)c4c3)cc2s1. The maximum absolute atomic E-state index is 13.9. The van der Waals surface area contributed by atoms with Gasteiger partial charge in [0, 0.05) is 36.3 Å². The quantitative estimate of drug-likeness (QED) is 0.323. The van der Waals surface area contributed by atoms with E-state index in [2.05, 4.69) is 26.7 Å². The molecule has 0 spiro atoms. The van der Waals surface area contributed by atoms with Crippen LogP contribution in [0.2, 0.25) is 0 Å². The fourth-order valence-electron chi connectivity index (χ4n) is 3.65. The second kappa shape index (κ2) is 8.05. The molecule has 5 aromatic rings. The number of anilines is 1. The summed E-state index contributed by atoms with van der Waals surface area (Å²) >= 11 is 1.58. The Morgan fingerprint density at radius 1 is 1.06 bits per heavy atom. The number of nitrogens with zero attached hydrogens (tertiary/aromatic N) is 1. The summed E-state index contributed by atoms with van der Waals surface area (Å²) in [6.45, 7) is -0.107. The van der Waals surface area contributed by atoms with Gasteiger partial charge in [-0.2, -0.15) is 0 Å². The molecule has 0 radical (unpaired) electrons. The van der Waals surface area contributed by atoms with Gasteiger partial charge in [0.15, 0.2) is 5.13 Å². The summed E-state index contributed by atoms with van der Waals surface area (Å²) in [4.78, 5) is 20.4. The molecule has 0 aliphatic rings. The Morgan fingerprint density at radius 3 is 2.72 bits per heavy atom. The minimum Gasteiger partial charge on any atom is -0.365 e. The lowest BCUT2D eigenvalue weighted by molar-refractivity contribution is 0.0952. The number of thiazole rings is 1. The maximum atomic E-state index is 13.9. The lowest BCUT2D eigenvalue weighted by Crippen LogP contribution is -2.23. The Balaban J connectivity index is 1.44. The van der Waals surface area contributed by atoms with Crippen molar-refractivity contribution in [3.8, 4) is 11.1 Å². The molecule has 8 heteroatoms. The summed E-state index contributed by atoms with van der Waals surface area (Å²) in [7, 11) is 1.84. The van der Waals surface area contributed by atoms with Gasteiger partial charge in [0.2, 0.25) is 0 Å². The van der Waals surface area contributed by atoms with E-state index in [-0.39, 0.29) is 18.0 Å². The highest BCUT2D eigenvalue weighted by Gasteiger charge is 2.14. The van der Waals surface area contributed by atoms with Crippen molar-refractivity contribution in [2.75, 3.05) is 12.4 Å². The third-order valence-electron chi connectivity index (χ3n) is 5.31. The molecule has 0 aliphatic heterocycles. The van der Waals surface area contributed by atoms with Crippen molar-refractivity contribution in [3.63, 3.8) is 0 Å². The fourth-order valence-corrected chi connectivity index (χ4v) is 4.51. The summed E-state index contributed by atoms with van der Waals surface area (Å²) in [5.74, 6) is -1.48. The summed E-state index contributed by atoms with van der Waals surface area (Å²) in [5, 5.41) is 7.34. The van der Waals surface area contributed by atoms with Crippen molar-refractivity contribution in [3.05, 3.63) is 83.6 Å². The lowest BCUT2D eigenvalue weighted by atomic mass is 10.0. The number of H-pyrrole nitrogens is 1. The third kappa shape index (κ3) is 3.69. The van der Waals surface area contributed by atoms with Crippen LogP contribution in [-0.2, 0) is 6.54 Å². The predicted molar refractivity (Wildman–Crippen MR) is 124 cm³/mol. The minimum atomic E-state index is -0.562. The Kier molecular flexibility index (Phi) is 5.07. The van der Waals surface area contributed by atoms with E-state index >= 15 is 0 Å². The molecular formula is C24H18F2N4OS. The molecule has 0 unspecified atom stereocenters. The van der Waals surface area contributed by atoms with Crippen LogP contribution in [0.4, 0.5) is 13.9 Å². The Morgan fingerprint density at radius 2 is 1.88 bits per heavy atom. The number of amides is 1. The van der Waals surface area contributed by atoms with Gasteiger partial charge in [0.1, 0.15) is 11.6 Å². The number of aromatic amines is 1. The molecule has 0 saturated heterocycles. The summed E-state index contributed by atoms with van der Waals surface area (Å²) in [6.07, 6.45) is 1.62. The van der Waals surface area contributed by atoms with Crippen LogP contribution < -0.4 is 10.6 Å². The average molecular weight is 448 g/mol. The molecule has 0 fully saturated rings. The Bertz CT molecular complexity index is 1470. The number of hydrogen-bond acceptors (Lipinski definition) is 4. The Labute approximate surface area is 186 Å². The van der Waals surface area contributed by atoms with Gasteiger partial charge in [-0.15, -0.1) is 0 Å². The van der Waals surface area contributed by atoms with Gasteiger partial charge in [0.05, 0.1) is 15.8 Å². The highest BCUT2D eigenvalue weighted by atomic mass is 32.1. The molecule has 1 amide bonds. The second-order valence-electron chi connectivity index (χ2n) is 7.33. The molecule has 32 heavy (non-hydrogen) atoms. The molecule has 160 valence electrons. The zero-order valence-corrected chi connectivity index (χ0v) is 17.8. The van der Waals surface area contributed by atoms with Crippen LogP contribution >= 0.6 is 11.3 Å². The summed E-state index contributed by atoms with van der Waals surface area (Å²) in [6, 6.07) is 15.1. The number of carbonyl (C=O) groups is 1. The minimum absolute atomic E-state index is 0.0951. The van der Waals surface area contributed by atoms with E-state index in [1.807, 2.05) is 37.4 Å². The van der Waals surface area contributed by atoms with Crippen LogP contribution in [0.25, 0.3) is 32.2 Å². The van der Waals surface area contributed by atoms with Crippen molar-refractivity contribution >= 4 is 43.5 Å². The molecule has 0 aliphatic carbocycles. The van der Waals surface area contributed by atoms with E-state index in [0.29, 0.717) is 5.56 Å². The molecule has 5 rings (SSSR count). The first kappa shape index (κ1) is 20.1. The van der Waals surface area contributed by atoms with Crippen molar-refractivity contribution in [2.24, 2.45) is 0 Å². The van der Waals surface area contributed by atoms with Gasteiger partial charge >= 0.3 is 0 Å². The average Bonchev–Trinajstić information content (AvgIpc) is 3.42. The first-order chi connectivity index (χ1) is 15.5. The summed E-state index contributed by atoms with van der Waals surface area (Å²) < 4.78 is 28.3. The molecule has 3 aromatic carbocycles. The van der Waals surface area contributed by atoms with E-state index < -0.39 is 11.6 Å². The van der Waals surface area contributed by atoms with Crippen molar-refractivity contribution in [1.82, 2.24) is 15.3 Å².